The number of ether oxygens (including phenoxy) is 3. The Hall–Kier alpha value is -3.03. The number of anilines is 1. The summed E-state index contributed by atoms with van der Waals surface area (Å²) in [6, 6.07) is 10.7. The number of carbonyl (C=O) groups is 1. The van der Waals surface area contributed by atoms with Crippen LogP contribution in [0.1, 0.15) is 16.3 Å². The van der Waals surface area contributed by atoms with Gasteiger partial charge in [-0.3, -0.25) is 4.79 Å². The van der Waals surface area contributed by atoms with E-state index < -0.39 is 0 Å². The van der Waals surface area contributed by atoms with Crippen molar-refractivity contribution in [1.82, 2.24) is 4.98 Å². The number of hydrogen-bond acceptors (Lipinski definition) is 6. The molecule has 0 aliphatic rings. The molecule has 0 aliphatic carbocycles. The average Bonchev–Trinajstić information content (AvgIpc) is 3.17. The van der Waals surface area contributed by atoms with E-state index >= 15 is 0 Å². The number of methoxy groups -OCH3 is 2. The van der Waals surface area contributed by atoms with Crippen molar-refractivity contribution in [2.75, 3.05) is 19.5 Å². The van der Waals surface area contributed by atoms with Gasteiger partial charge in [0.2, 0.25) is 5.91 Å². The van der Waals surface area contributed by atoms with Crippen LogP contribution in [-0.2, 0) is 11.4 Å². The van der Waals surface area contributed by atoms with Crippen LogP contribution >= 0.6 is 22.9 Å². The Morgan fingerprint density at radius 3 is 2.63 bits per heavy atom. The predicted molar refractivity (Wildman–Crippen MR) is 120 cm³/mol. The fraction of sp³-hybridized carbons (Fsp3) is 0.182. The van der Waals surface area contributed by atoms with Crippen LogP contribution in [0.25, 0.3) is 6.08 Å². The van der Waals surface area contributed by atoms with E-state index in [0.29, 0.717) is 34.6 Å². The topological polar surface area (TPSA) is 69.7 Å². The fourth-order valence-corrected chi connectivity index (χ4v) is 3.50. The normalized spacial score (nSPS) is 10.8. The van der Waals surface area contributed by atoms with Gasteiger partial charge < -0.3 is 19.5 Å². The van der Waals surface area contributed by atoms with E-state index in [4.69, 9.17) is 25.8 Å². The molecule has 0 saturated heterocycles. The van der Waals surface area contributed by atoms with E-state index in [2.05, 4.69) is 10.3 Å². The van der Waals surface area contributed by atoms with Crippen molar-refractivity contribution >= 4 is 40.6 Å². The number of carbonyl (C=O) groups excluding carboxylic acids is 1. The smallest absolute Gasteiger partial charge is 0.248 e. The van der Waals surface area contributed by atoms with Crippen LogP contribution in [-0.4, -0.2) is 25.1 Å². The van der Waals surface area contributed by atoms with Crippen molar-refractivity contribution < 1.29 is 19.0 Å². The number of amides is 1. The Bertz CT molecular complexity index is 1070. The minimum atomic E-state index is -0.331. The zero-order valence-electron chi connectivity index (χ0n) is 16.8. The Labute approximate surface area is 184 Å². The maximum Gasteiger partial charge on any atom is 0.248 e. The quantitative estimate of drug-likeness (QED) is 0.474. The van der Waals surface area contributed by atoms with Crippen molar-refractivity contribution in [1.29, 1.82) is 0 Å². The molecule has 1 heterocycles. The summed E-state index contributed by atoms with van der Waals surface area (Å²) in [4.78, 5) is 16.8. The highest BCUT2D eigenvalue weighted by Gasteiger charge is 2.12. The second-order valence-electron chi connectivity index (χ2n) is 6.19. The van der Waals surface area contributed by atoms with E-state index in [-0.39, 0.29) is 5.91 Å². The van der Waals surface area contributed by atoms with Gasteiger partial charge in [-0.05, 0) is 19.1 Å². The van der Waals surface area contributed by atoms with Crippen molar-refractivity contribution in [3.8, 4) is 17.2 Å². The van der Waals surface area contributed by atoms with Gasteiger partial charge in [-0.25, -0.2) is 4.98 Å². The molecule has 0 spiro atoms. The maximum atomic E-state index is 12.5. The molecule has 3 rings (SSSR count). The van der Waals surface area contributed by atoms with E-state index in [1.807, 2.05) is 36.6 Å². The number of nitrogens with zero attached hydrogens (tertiary/aromatic N) is 1. The summed E-state index contributed by atoms with van der Waals surface area (Å²) < 4.78 is 16.4. The lowest BCUT2D eigenvalue weighted by atomic mass is 10.2. The van der Waals surface area contributed by atoms with Crippen LogP contribution in [0.15, 0.2) is 47.9 Å². The van der Waals surface area contributed by atoms with Crippen molar-refractivity contribution in [2.24, 2.45) is 0 Å². The van der Waals surface area contributed by atoms with Gasteiger partial charge in [0, 0.05) is 29.2 Å². The first-order valence-electron chi connectivity index (χ1n) is 9.03. The van der Waals surface area contributed by atoms with Crippen LogP contribution in [0.4, 0.5) is 5.69 Å². The van der Waals surface area contributed by atoms with E-state index in [9.17, 15) is 4.79 Å². The van der Waals surface area contributed by atoms with Gasteiger partial charge >= 0.3 is 0 Å². The van der Waals surface area contributed by atoms with Crippen LogP contribution in [0, 0.1) is 6.92 Å². The van der Waals surface area contributed by atoms with Gasteiger partial charge in [0.05, 0.1) is 35.6 Å². The second-order valence-corrected chi connectivity index (χ2v) is 7.66. The van der Waals surface area contributed by atoms with Crippen molar-refractivity contribution in [2.45, 2.75) is 13.5 Å². The number of nitrogens with one attached hydrogen (secondary N) is 1. The third-order valence-electron chi connectivity index (χ3n) is 4.11. The molecule has 156 valence electrons. The molecule has 0 bridgehead atoms. The second kappa shape index (κ2) is 10.1. The molecule has 0 saturated carbocycles. The molecule has 1 aromatic heterocycles. The third kappa shape index (κ3) is 5.52. The Kier molecular flexibility index (Phi) is 7.32. The number of hydrogen-bond donors (Lipinski definition) is 1. The Morgan fingerprint density at radius 1 is 1.17 bits per heavy atom. The third-order valence-corrected chi connectivity index (χ3v) is 5.22. The highest BCUT2D eigenvalue weighted by molar-refractivity contribution is 7.09. The molecule has 2 aromatic carbocycles. The Morgan fingerprint density at radius 2 is 1.93 bits per heavy atom. The van der Waals surface area contributed by atoms with E-state index in [1.165, 1.54) is 20.3 Å². The first-order valence-corrected chi connectivity index (χ1v) is 10.3. The maximum absolute atomic E-state index is 12.5. The average molecular weight is 445 g/mol. The van der Waals surface area contributed by atoms with Crippen LogP contribution in [0.2, 0.25) is 5.02 Å². The molecule has 30 heavy (non-hydrogen) atoms. The van der Waals surface area contributed by atoms with Crippen LogP contribution < -0.4 is 19.5 Å². The summed E-state index contributed by atoms with van der Waals surface area (Å²) in [5.74, 6) is 1.21. The van der Waals surface area contributed by atoms with Gasteiger partial charge in [0.25, 0.3) is 0 Å². The molecule has 0 atom stereocenters. The molecular weight excluding hydrogens is 424 g/mol. The van der Waals surface area contributed by atoms with Crippen molar-refractivity contribution in [3.63, 3.8) is 0 Å². The minimum Gasteiger partial charge on any atom is -0.495 e. The van der Waals surface area contributed by atoms with Gasteiger partial charge in [-0.1, -0.05) is 29.8 Å². The number of aromatic nitrogens is 1. The van der Waals surface area contributed by atoms with E-state index in [0.717, 1.165) is 16.3 Å². The van der Waals surface area contributed by atoms with Crippen LogP contribution in [0.5, 0.6) is 17.2 Å². The molecule has 0 unspecified atom stereocenters. The fourth-order valence-electron chi connectivity index (χ4n) is 2.67. The monoisotopic (exact) mass is 444 g/mol. The molecule has 8 heteroatoms. The zero-order valence-corrected chi connectivity index (χ0v) is 18.3. The number of benzene rings is 2. The van der Waals surface area contributed by atoms with Gasteiger partial charge in [0.15, 0.2) is 0 Å². The molecule has 0 radical (unpaired) electrons. The summed E-state index contributed by atoms with van der Waals surface area (Å²) in [5, 5.41) is 6.13. The number of rotatable bonds is 8. The lowest BCUT2D eigenvalue weighted by molar-refractivity contribution is -0.111. The van der Waals surface area contributed by atoms with Gasteiger partial charge in [0.1, 0.15) is 23.9 Å². The molecule has 1 amide bonds. The Balaban J connectivity index is 1.71. The molecular formula is C22H21ClN2O4S. The molecule has 0 aliphatic heterocycles. The first kappa shape index (κ1) is 21.7. The van der Waals surface area contributed by atoms with Gasteiger partial charge in [-0.2, -0.15) is 0 Å². The lowest BCUT2D eigenvalue weighted by Crippen LogP contribution is -2.09. The minimum absolute atomic E-state index is 0.331. The molecule has 0 fully saturated rings. The standard InChI is InChI=1S/C22H21ClN2O4S/c1-14-24-16(13-30-14)12-29-19-7-5-4-6-15(19)8-9-22(26)25-18-11-20(27-2)17(23)10-21(18)28-3/h4-11,13H,12H2,1-3H3,(H,25,26)/b9-8+. The first-order chi connectivity index (χ1) is 14.5. The SMILES string of the molecule is COc1cc(NC(=O)/C=C/c2ccccc2OCc2csc(C)n2)c(OC)cc1Cl. The highest BCUT2D eigenvalue weighted by Crippen LogP contribution is 2.35. The summed E-state index contributed by atoms with van der Waals surface area (Å²) in [6.45, 7) is 2.32. The number of aryl methyl sites for hydroxylation is 1. The van der Waals surface area contributed by atoms with Crippen LogP contribution in [0.3, 0.4) is 0 Å². The summed E-state index contributed by atoms with van der Waals surface area (Å²) >= 11 is 7.68. The highest BCUT2D eigenvalue weighted by atomic mass is 35.5. The summed E-state index contributed by atoms with van der Waals surface area (Å²) in [7, 11) is 3.00. The van der Waals surface area contributed by atoms with Crippen molar-refractivity contribution in [3.05, 3.63) is 69.1 Å². The molecule has 1 N–H and O–H groups in total. The molecule has 6 nitrogen and oxygen atoms in total. The predicted octanol–water partition coefficient (Wildman–Crippen LogP) is 5.35. The zero-order chi connectivity index (χ0) is 21.5. The number of halogens is 1. The molecule has 3 aromatic rings. The number of para-hydroxylation sites is 1. The summed E-state index contributed by atoms with van der Waals surface area (Å²) in [5.41, 5.74) is 2.11. The lowest BCUT2D eigenvalue weighted by Gasteiger charge is -2.12. The largest absolute Gasteiger partial charge is 0.495 e. The summed E-state index contributed by atoms with van der Waals surface area (Å²) in [6.07, 6.45) is 3.12. The number of thiazole rings is 1. The van der Waals surface area contributed by atoms with E-state index in [1.54, 1.807) is 29.5 Å². The van der Waals surface area contributed by atoms with Gasteiger partial charge in [-0.15, -0.1) is 11.3 Å².